The molecule has 1 aromatic heterocycles. The molecule has 9 nitrogen and oxygen atoms in total. The number of aliphatic hydroxyl groups excluding tert-OH is 1. The van der Waals surface area contributed by atoms with Crippen molar-refractivity contribution in [3.8, 4) is 39.8 Å². The van der Waals surface area contributed by atoms with E-state index in [9.17, 15) is 20.0 Å². The molecule has 256 valence electrons. The van der Waals surface area contributed by atoms with Crippen LogP contribution in [0.25, 0.3) is 22.3 Å². The molecule has 0 radical (unpaired) electrons. The molecule has 0 aliphatic heterocycles. The summed E-state index contributed by atoms with van der Waals surface area (Å²) in [6.07, 6.45) is 3.94. The molecule has 0 aliphatic carbocycles. The summed E-state index contributed by atoms with van der Waals surface area (Å²) >= 11 is 6.69. The molecular weight excluding hydrogens is 654 g/mol. The molecule has 3 N–H and O–H groups in total. The largest absolute Gasteiger partial charge is 0.488 e. The molecule has 50 heavy (non-hydrogen) atoms. The first kappa shape index (κ1) is 37.3. The van der Waals surface area contributed by atoms with Crippen molar-refractivity contribution in [2.45, 2.75) is 46.6 Å². The van der Waals surface area contributed by atoms with Crippen LogP contribution >= 0.6 is 11.6 Å². The summed E-state index contributed by atoms with van der Waals surface area (Å²) < 4.78 is 12.4. The second-order valence-corrected chi connectivity index (χ2v) is 11.8. The highest BCUT2D eigenvalue weighted by Gasteiger charge is 2.17. The third-order valence-corrected chi connectivity index (χ3v) is 8.51. The molecule has 0 amide bonds. The minimum atomic E-state index is -0.976. The van der Waals surface area contributed by atoms with Crippen LogP contribution in [-0.4, -0.2) is 40.6 Å². The number of nitrogens with one attached hydrogen (secondary N) is 1. The smallest absolute Gasteiger partial charge is 0.320 e. The number of rotatable bonds is 13. The van der Waals surface area contributed by atoms with Gasteiger partial charge in [-0.3, -0.25) is 14.6 Å². The van der Waals surface area contributed by atoms with Gasteiger partial charge in [-0.15, -0.1) is 0 Å². The van der Waals surface area contributed by atoms with Crippen LogP contribution < -0.4 is 14.8 Å². The van der Waals surface area contributed by atoms with E-state index in [0.29, 0.717) is 38.8 Å². The van der Waals surface area contributed by atoms with Crippen molar-refractivity contribution in [1.29, 1.82) is 5.26 Å². The highest BCUT2D eigenvalue weighted by Crippen LogP contribution is 2.37. The molecule has 0 saturated carbocycles. The van der Waals surface area contributed by atoms with Crippen LogP contribution in [0.3, 0.4) is 0 Å². The molecule has 1 heterocycles. The van der Waals surface area contributed by atoms with Crippen molar-refractivity contribution in [1.82, 2.24) is 10.3 Å². The number of halogens is 1. The Morgan fingerprint density at radius 2 is 1.56 bits per heavy atom. The number of carboxylic acid groups (broad SMARTS) is 1. The number of aliphatic hydroxyl groups is 1. The number of nitrogens with zero attached hydrogens (tertiary/aromatic N) is 2. The van der Waals surface area contributed by atoms with Crippen molar-refractivity contribution in [3.05, 3.63) is 135 Å². The van der Waals surface area contributed by atoms with Crippen LogP contribution in [0.2, 0.25) is 5.02 Å². The zero-order valence-electron chi connectivity index (χ0n) is 28.2. The summed E-state index contributed by atoms with van der Waals surface area (Å²) in [7, 11) is 1.00. The topological polar surface area (TPSA) is 142 Å². The minimum absolute atomic E-state index is 0.131. The number of aldehydes is 1. The lowest BCUT2D eigenvalue weighted by atomic mass is 9.89. The molecule has 0 saturated heterocycles. The molecule has 4 aromatic carbocycles. The van der Waals surface area contributed by atoms with E-state index in [-0.39, 0.29) is 19.8 Å². The molecule has 0 fully saturated rings. The zero-order chi connectivity index (χ0) is 36.2. The van der Waals surface area contributed by atoms with Crippen molar-refractivity contribution in [2.75, 3.05) is 7.11 Å². The fourth-order valence-electron chi connectivity index (χ4n) is 5.37. The van der Waals surface area contributed by atoms with Gasteiger partial charge >= 0.3 is 5.97 Å². The lowest BCUT2D eigenvalue weighted by molar-refractivity contribution is -0.139. The molecule has 0 bridgehead atoms. The molecule has 10 heteroatoms. The van der Waals surface area contributed by atoms with Gasteiger partial charge in [0.1, 0.15) is 43.1 Å². The van der Waals surface area contributed by atoms with Gasteiger partial charge in [0.15, 0.2) is 0 Å². The zero-order valence-corrected chi connectivity index (χ0v) is 29.0. The Hall–Kier alpha value is -5.53. The first-order valence-corrected chi connectivity index (χ1v) is 16.1. The van der Waals surface area contributed by atoms with Crippen molar-refractivity contribution < 1.29 is 29.3 Å². The van der Waals surface area contributed by atoms with Gasteiger partial charge in [0.25, 0.3) is 0 Å². The minimum Gasteiger partial charge on any atom is -0.488 e. The van der Waals surface area contributed by atoms with Gasteiger partial charge in [-0.1, -0.05) is 72.3 Å². The third kappa shape index (κ3) is 9.12. The summed E-state index contributed by atoms with van der Waals surface area (Å²) in [5, 5.41) is 28.9. The first-order chi connectivity index (χ1) is 24.2. The van der Waals surface area contributed by atoms with Gasteiger partial charge in [-0.2, -0.15) is 5.26 Å². The standard InChI is InChI=1S/C39H34ClN3O5.CH4O/c1-24-31(6-4-8-34(24)35-9-5-7-33(25(35)2)30-12-10-27(21-44)11-13-30)23-48-38-16-37(47-22-29-14-28(17-41)18-42-19-29)32(15-36(38)40)20-43-26(3)39(45)46;1-2/h4-16,18-19,21,26,43H,20,22-23H2,1-3H3,(H,45,46);2H,1H3. The molecule has 5 aromatic rings. The number of nitriles is 1. The first-order valence-electron chi connectivity index (χ1n) is 15.8. The van der Waals surface area contributed by atoms with Crippen LogP contribution in [0.1, 0.15) is 50.7 Å². The molecular formula is C40H38ClN3O6. The number of ether oxygens (including phenoxy) is 2. The van der Waals surface area contributed by atoms with E-state index in [4.69, 9.17) is 26.2 Å². The Kier molecular flexibility index (Phi) is 13.2. The Bertz CT molecular complexity index is 2010. The van der Waals surface area contributed by atoms with Gasteiger partial charge in [0, 0.05) is 48.8 Å². The fraction of sp³-hybridized carbons (Fsp3) is 0.200. The van der Waals surface area contributed by atoms with Crippen LogP contribution in [0.4, 0.5) is 0 Å². The maximum atomic E-state index is 11.4. The molecule has 1 unspecified atom stereocenters. The highest BCUT2D eigenvalue weighted by molar-refractivity contribution is 6.32. The lowest BCUT2D eigenvalue weighted by Gasteiger charge is -2.19. The van der Waals surface area contributed by atoms with E-state index < -0.39 is 12.0 Å². The number of carbonyl (C=O) groups excluding carboxylic acids is 1. The predicted octanol–water partition coefficient (Wildman–Crippen LogP) is 7.70. The summed E-state index contributed by atoms with van der Waals surface area (Å²) in [5.41, 5.74) is 9.88. The van der Waals surface area contributed by atoms with E-state index in [1.54, 1.807) is 31.3 Å². The molecule has 0 spiro atoms. The quantitative estimate of drug-likeness (QED) is 0.106. The van der Waals surface area contributed by atoms with E-state index in [2.05, 4.69) is 48.4 Å². The SMILES string of the molecule is CO.Cc1c(COc2cc(OCc3cncc(C#N)c3)c(CNC(C)C(=O)O)cc2Cl)cccc1-c1cccc(-c2ccc(C=O)cc2)c1C. The van der Waals surface area contributed by atoms with Crippen molar-refractivity contribution in [3.63, 3.8) is 0 Å². The van der Waals surface area contributed by atoms with Crippen LogP contribution in [-0.2, 0) is 24.6 Å². The maximum absolute atomic E-state index is 11.4. The number of hydrogen-bond donors (Lipinski definition) is 3. The Morgan fingerprint density at radius 1 is 0.900 bits per heavy atom. The number of carbonyl (C=O) groups is 2. The Morgan fingerprint density at radius 3 is 2.24 bits per heavy atom. The summed E-state index contributed by atoms with van der Waals surface area (Å²) in [4.78, 5) is 26.6. The molecule has 0 aliphatic rings. The Balaban J connectivity index is 0.00000276. The Labute approximate surface area is 296 Å². The van der Waals surface area contributed by atoms with E-state index in [1.807, 2.05) is 42.5 Å². The van der Waals surface area contributed by atoms with Gasteiger partial charge < -0.3 is 25.0 Å². The number of aliphatic carboxylic acids is 1. The van der Waals surface area contributed by atoms with Gasteiger partial charge in [0.2, 0.25) is 0 Å². The van der Waals surface area contributed by atoms with Gasteiger partial charge in [0.05, 0.1) is 10.6 Å². The third-order valence-electron chi connectivity index (χ3n) is 8.21. The summed E-state index contributed by atoms with van der Waals surface area (Å²) in [6, 6.07) is 26.3. The maximum Gasteiger partial charge on any atom is 0.320 e. The molecule has 1 atom stereocenters. The average molecular weight is 692 g/mol. The highest BCUT2D eigenvalue weighted by atomic mass is 35.5. The summed E-state index contributed by atoms with van der Waals surface area (Å²) in [5.74, 6) is -0.107. The normalized spacial score (nSPS) is 11.1. The lowest BCUT2D eigenvalue weighted by Crippen LogP contribution is -2.33. The van der Waals surface area contributed by atoms with Crippen LogP contribution in [0.15, 0.2) is 91.3 Å². The van der Waals surface area contributed by atoms with E-state index >= 15 is 0 Å². The fourth-order valence-corrected chi connectivity index (χ4v) is 5.61. The number of aromatic nitrogens is 1. The van der Waals surface area contributed by atoms with Crippen LogP contribution in [0, 0.1) is 25.2 Å². The van der Waals surface area contributed by atoms with E-state index in [1.165, 1.54) is 6.20 Å². The second-order valence-electron chi connectivity index (χ2n) is 11.4. The average Bonchev–Trinajstić information content (AvgIpc) is 3.14. The predicted molar refractivity (Wildman–Crippen MR) is 193 cm³/mol. The number of benzene rings is 4. The molecule has 5 rings (SSSR count). The van der Waals surface area contributed by atoms with Crippen molar-refractivity contribution >= 4 is 23.9 Å². The van der Waals surface area contributed by atoms with Gasteiger partial charge in [-0.05, 0) is 71.8 Å². The number of carboxylic acids is 1. The number of hydrogen-bond acceptors (Lipinski definition) is 8. The number of pyridine rings is 1. The van der Waals surface area contributed by atoms with Gasteiger partial charge in [-0.25, -0.2) is 0 Å². The second kappa shape index (κ2) is 17.7. The monoisotopic (exact) mass is 691 g/mol. The summed E-state index contributed by atoms with van der Waals surface area (Å²) in [6.45, 7) is 6.29. The van der Waals surface area contributed by atoms with Crippen LogP contribution in [0.5, 0.6) is 11.5 Å². The van der Waals surface area contributed by atoms with Crippen molar-refractivity contribution in [2.24, 2.45) is 0 Å². The van der Waals surface area contributed by atoms with E-state index in [0.717, 1.165) is 52.3 Å².